The number of nitrogens with one attached hydrogen (secondary N) is 1. The molecule has 0 bridgehead atoms. The molecule has 1 heterocycles. The molecule has 4 rings (SSSR count). The van der Waals surface area contributed by atoms with Crippen molar-refractivity contribution in [2.75, 3.05) is 19.6 Å². The number of benzene rings is 1. The van der Waals surface area contributed by atoms with Gasteiger partial charge in [-0.2, -0.15) is 0 Å². The Balaban J connectivity index is 1.49. The molecule has 3 fully saturated rings. The molecule has 6 nitrogen and oxygen atoms in total. The fraction of sp³-hybridized carbons (Fsp3) is 0.600. The molecule has 1 saturated heterocycles. The summed E-state index contributed by atoms with van der Waals surface area (Å²) in [5, 5.41) is 14.5. The summed E-state index contributed by atoms with van der Waals surface area (Å²) in [7, 11) is 0. The molecule has 1 aromatic rings. The van der Waals surface area contributed by atoms with Gasteiger partial charge in [0, 0.05) is 31.0 Å². The molecule has 1 aromatic carbocycles. The minimum absolute atomic E-state index is 0.0527. The van der Waals surface area contributed by atoms with Crippen molar-refractivity contribution in [2.45, 2.75) is 37.7 Å². The molecule has 2 saturated carbocycles. The molecule has 0 aromatic heterocycles. The second-order valence-corrected chi connectivity index (χ2v) is 8.28. The lowest BCUT2D eigenvalue weighted by Crippen LogP contribution is -2.50. The minimum Gasteiger partial charge on any atom is -0.375 e. The Morgan fingerprint density at radius 2 is 1.96 bits per heavy atom. The molecule has 3 unspecified atom stereocenters. The van der Waals surface area contributed by atoms with Crippen LogP contribution in [0.4, 0.5) is 4.79 Å². The van der Waals surface area contributed by atoms with Gasteiger partial charge in [0.1, 0.15) is 0 Å². The van der Waals surface area contributed by atoms with E-state index < -0.39 is 11.6 Å². The number of primary amides is 1. The first-order chi connectivity index (χ1) is 12.5. The van der Waals surface area contributed by atoms with Gasteiger partial charge in [0.25, 0.3) is 5.91 Å². The van der Waals surface area contributed by atoms with E-state index in [1.165, 1.54) is 0 Å². The number of carbonyl (C=O) groups excluding carboxylic acids is 2. The number of nitrogens with zero attached hydrogens (tertiary/aromatic N) is 1. The van der Waals surface area contributed by atoms with Gasteiger partial charge in [0.2, 0.25) is 0 Å². The number of carbonyl (C=O) groups is 2. The Bertz CT molecular complexity index is 704. The Labute approximate surface area is 153 Å². The predicted octanol–water partition coefficient (Wildman–Crippen LogP) is 1.58. The van der Waals surface area contributed by atoms with Crippen molar-refractivity contribution in [1.29, 1.82) is 0 Å². The molecule has 0 radical (unpaired) electrons. The highest BCUT2D eigenvalue weighted by atomic mass is 16.3. The minimum atomic E-state index is -1.49. The van der Waals surface area contributed by atoms with E-state index in [2.05, 4.69) is 5.32 Å². The van der Waals surface area contributed by atoms with Crippen molar-refractivity contribution in [3.8, 4) is 0 Å². The maximum atomic E-state index is 13.1. The summed E-state index contributed by atoms with van der Waals surface area (Å²) in [5.41, 5.74) is 4.51. The number of hydrogen-bond donors (Lipinski definition) is 3. The molecule has 26 heavy (non-hydrogen) atoms. The number of amides is 3. The summed E-state index contributed by atoms with van der Waals surface area (Å²) >= 11 is 0. The zero-order valence-electron chi connectivity index (χ0n) is 15.0. The first kappa shape index (κ1) is 17.3. The summed E-state index contributed by atoms with van der Waals surface area (Å²) < 4.78 is 0. The van der Waals surface area contributed by atoms with E-state index in [4.69, 9.17) is 5.73 Å². The number of hydrogen-bond acceptors (Lipinski definition) is 3. The lowest BCUT2D eigenvalue weighted by molar-refractivity contribution is -0.147. The van der Waals surface area contributed by atoms with Gasteiger partial charge in [-0.3, -0.25) is 4.79 Å². The van der Waals surface area contributed by atoms with E-state index in [0.29, 0.717) is 31.1 Å². The zero-order valence-corrected chi connectivity index (χ0v) is 15.0. The third-order valence-electron chi connectivity index (χ3n) is 6.72. The van der Waals surface area contributed by atoms with E-state index in [0.717, 1.165) is 32.1 Å². The Hall–Kier alpha value is -2.08. The van der Waals surface area contributed by atoms with Crippen molar-refractivity contribution < 1.29 is 14.7 Å². The summed E-state index contributed by atoms with van der Waals surface area (Å²) in [6.45, 7) is 1.76. The smallest absolute Gasteiger partial charge is 0.314 e. The summed E-state index contributed by atoms with van der Waals surface area (Å²) in [6.07, 6.45) is 4.83. The lowest BCUT2D eigenvalue weighted by atomic mass is 9.79. The van der Waals surface area contributed by atoms with Crippen LogP contribution < -0.4 is 11.1 Å². The Morgan fingerprint density at radius 3 is 2.58 bits per heavy atom. The summed E-state index contributed by atoms with van der Waals surface area (Å²) in [6, 6.07) is 8.89. The van der Waals surface area contributed by atoms with Gasteiger partial charge in [0.05, 0.1) is 0 Å². The van der Waals surface area contributed by atoms with E-state index in [1.807, 2.05) is 30.3 Å². The van der Waals surface area contributed by atoms with Crippen LogP contribution in [-0.4, -0.2) is 41.6 Å². The second-order valence-electron chi connectivity index (χ2n) is 8.28. The van der Waals surface area contributed by atoms with Crippen molar-refractivity contribution in [3.05, 3.63) is 35.9 Å². The van der Waals surface area contributed by atoms with Crippen LogP contribution in [0.2, 0.25) is 0 Å². The van der Waals surface area contributed by atoms with Crippen LogP contribution in [-0.2, 0) is 10.4 Å². The molecule has 140 valence electrons. The molecule has 2 aliphatic carbocycles. The number of likely N-dealkylation sites (tertiary alicyclic amines) is 1. The zero-order chi connectivity index (χ0) is 18.4. The highest BCUT2D eigenvalue weighted by Gasteiger charge is 2.61. The fourth-order valence-corrected chi connectivity index (χ4v) is 5.01. The molecule has 3 atom stereocenters. The standard InChI is InChI=1S/C20H27N3O3/c21-18(25)23-11-16-10-19(16,13-23)12-22-17(24)20(26,15-8-4-5-9-15)14-6-2-1-3-7-14/h1-3,6-7,15-16,26H,4-5,8-13H2,(H2,21,25)(H,22,24). The normalized spacial score (nSPS) is 29.9. The van der Waals surface area contributed by atoms with E-state index in [1.54, 1.807) is 4.90 Å². The van der Waals surface area contributed by atoms with Gasteiger partial charge in [-0.05, 0) is 30.7 Å². The Morgan fingerprint density at radius 1 is 1.27 bits per heavy atom. The molecular weight excluding hydrogens is 330 g/mol. The van der Waals surface area contributed by atoms with Crippen LogP contribution in [0, 0.1) is 17.3 Å². The van der Waals surface area contributed by atoms with E-state index >= 15 is 0 Å². The topological polar surface area (TPSA) is 95.7 Å². The first-order valence-corrected chi connectivity index (χ1v) is 9.56. The van der Waals surface area contributed by atoms with Gasteiger partial charge in [-0.15, -0.1) is 0 Å². The van der Waals surface area contributed by atoms with E-state index in [9.17, 15) is 14.7 Å². The predicted molar refractivity (Wildman–Crippen MR) is 97.0 cm³/mol. The van der Waals surface area contributed by atoms with Gasteiger partial charge < -0.3 is 21.1 Å². The van der Waals surface area contributed by atoms with Crippen LogP contribution in [0.1, 0.15) is 37.7 Å². The van der Waals surface area contributed by atoms with Crippen LogP contribution in [0.3, 0.4) is 0 Å². The molecule has 6 heteroatoms. The molecule has 4 N–H and O–H groups in total. The van der Waals surface area contributed by atoms with Gasteiger partial charge >= 0.3 is 6.03 Å². The SMILES string of the molecule is NC(=O)N1CC2CC2(CNC(=O)C(O)(c2ccccc2)C2CCCC2)C1. The van der Waals surface area contributed by atoms with Crippen LogP contribution >= 0.6 is 0 Å². The monoisotopic (exact) mass is 357 g/mol. The Kier molecular flexibility index (Phi) is 4.18. The lowest BCUT2D eigenvalue weighted by Gasteiger charge is -2.34. The fourth-order valence-electron chi connectivity index (χ4n) is 5.01. The highest BCUT2D eigenvalue weighted by Crippen LogP contribution is 2.57. The number of urea groups is 1. The van der Waals surface area contributed by atoms with E-state index in [-0.39, 0.29) is 17.2 Å². The van der Waals surface area contributed by atoms with Crippen molar-refractivity contribution >= 4 is 11.9 Å². The molecule has 0 spiro atoms. The van der Waals surface area contributed by atoms with Crippen molar-refractivity contribution in [2.24, 2.45) is 23.0 Å². The number of fused-ring (bicyclic) bond motifs is 1. The van der Waals surface area contributed by atoms with Crippen LogP contribution in [0.15, 0.2) is 30.3 Å². The van der Waals surface area contributed by atoms with Gasteiger partial charge in [-0.25, -0.2) is 4.79 Å². The molecule has 3 aliphatic rings. The van der Waals surface area contributed by atoms with Crippen LogP contribution in [0.25, 0.3) is 0 Å². The quantitative estimate of drug-likeness (QED) is 0.746. The first-order valence-electron chi connectivity index (χ1n) is 9.56. The average molecular weight is 357 g/mol. The third kappa shape index (κ3) is 2.76. The maximum absolute atomic E-state index is 13.1. The number of rotatable bonds is 5. The summed E-state index contributed by atoms with van der Waals surface area (Å²) in [5.74, 6) is 0.0443. The largest absolute Gasteiger partial charge is 0.375 e. The molecule has 1 aliphatic heterocycles. The third-order valence-corrected chi connectivity index (χ3v) is 6.72. The highest BCUT2D eigenvalue weighted by molar-refractivity contribution is 5.87. The van der Waals surface area contributed by atoms with Gasteiger partial charge in [-0.1, -0.05) is 43.2 Å². The second kappa shape index (κ2) is 6.27. The van der Waals surface area contributed by atoms with Crippen molar-refractivity contribution in [3.63, 3.8) is 0 Å². The van der Waals surface area contributed by atoms with Crippen molar-refractivity contribution in [1.82, 2.24) is 10.2 Å². The number of aliphatic hydroxyl groups is 1. The average Bonchev–Trinajstić information content (AvgIpc) is 3.04. The number of piperidine rings is 1. The van der Waals surface area contributed by atoms with Gasteiger partial charge in [0.15, 0.2) is 5.60 Å². The molecule has 3 amide bonds. The summed E-state index contributed by atoms with van der Waals surface area (Å²) in [4.78, 5) is 26.2. The number of nitrogens with two attached hydrogens (primary N) is 1. The molecular formula is C20H27N3O3. The maximum Gasteiger partial charge on any atom is 0.314 e. The van der Waals surface area contributed by atoms with Crippen LogP contribution in [0.5, 0.6) is 0 Å².